The van der Waals surface area contributed by atoms with E-state index in [2.05, 4.69) is 79.7 Å². The Morgan fingerprint density at radius 1 is 0.400 bits per heavy atom. The lowest BCUT2D eigenvalue weighted by molar-refractivity contribution is -0.149. The van der Waals surface area contributed by atoms with Crippen molar-refractivity contribution in [3.05, 3.63) is 108 Å². The summed E-state index contributed by atoms with van der Waals surface area (Å²) >= 11 is 0. The van der Waals surface area contributed by atoms with E-state index in [1.807, 2.05) is 101 Å². The zero-order chi connectivity index (χ0) is 54.5. The van der Waals surface area contributed by atoms with Gasteiger partial charge in [0, 0.05) is 0 Å². The van der Waals surface area contributed by atoms with Crippen molar-refractivity contribution in [1.29, 1.82) is 0 Å². The molecule has 12 unspecified atom stereocenters. The van der Waals surface area contributed by atoms with Gasteiger partial charge < -0.3 is 71.1 Å². The fourth-order valence-electron chi connectivity index (χ4n) is 8.19. The van der Waals surface area contributed by atoms with Gasteiger partial charge in [-0.1, -0.05) is 91.0 Å². The molecule has 0 saturated carbocycles. The Morgan fingerprint density at radius 2 is 0.733 bits per heavy atom. The van der Waals surface area contributed by atoms with Crippen molar-refractivity contribution in [3.8, 4) is 0 Å². The van der Waals surface area contributed by atoms with Gasteiger partial charge in [0.15, 0.2) is 5.79 Å². The molecule has 0 spiro atoms. The SMILES string of the molecule is CC(COCC(C)OCC1COC(C)(C)O1)OCC(C)OCC(C)OCCOCC(C)OCC(C)OC(C)COC(C)COC(C)COC(C)COCC(C)OC(c1ccccc1)(c1ccccc1)c1ccccc1. The van der Waals surface area contributed by atoms with Gasteiger partial charge in [-0.3, -0.25) is 0 Å². The highest BCUT2D eigenvalue weighted by atomic mass is 16.7. The Hall–Kier alpha value is -2.94. The van der Waals surface area contributed by atoms with E-state index in [9.17, 15) is 0 Å². The van der Waals surface area contributed by atoms with Crippen molar-refractivity contribution in [2.75, 3.05) is 99.1 Å². The van der Waals surface area contributed by atoms with Crippen LogP contribution in [0.15, 0.2) is 91.0 Å². The van der Waals surface area contributed by atoms with E-state index < -0.39 is 11.4 Å². The highest BCUT2D eigenvalue weighted by molar-refractivity contribution is 5.47. The quantitative estimate of drug-likeness (QED) is 0.0393. The summed E-state index contributed by atoms with van der Waals surface area (Å²) < 4.78 is 90.2. The van der Waals surface area contributed by atoms with Crippen LogP contribution in [-0.4, -0.2) is 178 Å². The number of ether oxygens (including phenoxy) is 15. The molecule has 3 aromatic rings. The lowest BCUT2D eigenvalue weighted by atomic mass is 9.80. The molecule has 1 saturated heterocycles. The maximum atomic E-state index is 7.03. The Balaban J connectivity index is 0.963. The average Bonchev–Trinajstić information content (AvgIpc) is 3.76. The molecule has 1 heterocycles. The molecule has 0 bridgehead atoms. The zero-order valence-corrected chi connectivity index (χ0v) is 47.8. The molecular weight excluding hydrogens is 961 g/mol. The smallest absolute Gasteiger partial charge is 0.163 e. The van der Waals surface area contributed by atoms with Crippen LogP contribution in [0.3, 0.4) is 0 Å². The summed E-state index contributed by atoms with van der Waals surface area (Å²) in [5.41, 5.74) is 2.36. The number of rotatable bonds is 42. The van der Waals surface area contributed by atoms with Gasteiger partial charge in [-0.2, -0.15) is 0 Å². The van der Waals surface area contributed by atoms with Crippen LogP contribution in [0.25, 0.3) is 0 Å². The minimum atomic E-state index is -0.807. The molecule has 12 atom stereocenters. The molecular formula is C60H96O15. The van der Waals surface area contributed by atoms with Gasteiger partial charge in [-0.05, 0) is 107 Å². The van der Waals surface area contributed by atoms with Gasteiger partial charge in [0.25, 0.3) is 0 Å². The molecule has 1 fully saturated rings. The fraction of sp³-hybridized carbons (Fsp3) is 0.700. The van der Waals surface area contributed by atoms with Crippen LogP contribution in [0, 0.1) is 0 Å². The Labute approximate surface area is 451 Å². The lowest BCUT2D eigenvalue weighted by Gasteiger charge is -2.38. The molecule has 0 radical (unpaired) electrons. The van der Waals surface area contributed by atoms with Gasteiger partial charge in [-0.25, -0.2) is 0 Å². The molecule has 1 aliphatic rings. The van der Waals surface area contributed by atoms with Gasteiger partial charge in [0.1, 0.15) is 11.7 Å². The summed E-state index contributed by atoms with van der Waals surface area (Å²) in [6.07, 6.45) is -1.26. The second kappa shape index (κ2) is 35.5. The van der Waals surface area contributed by atoms with E-state index in [1.54, 1.807) is 0 Å². The summed E-state index contributed by atoms with van der Waals surface area (Å²) in [7, 11) is 0. The predicted octanol–water partition coefficient (Wildman–Crippen LogP) is 9.62. The topological polar surface area (TPSA) is 138 Å². The minimum absolute atomic E-state index is 0.0549. The van der Waals surface area contributed by atoms with Gasteiger partial charge >= 0.3 is 0 Å². The van der Waals surface area contributed by atoms with Crippen molar-refractivity contribution >= 4 is 0 Å². The average molecular weight is 1060 g/mol. The predicted molar refractivity (Wildman–Crippen MR) is 290 cm³/mol. The third kappa shape index (κ3) is 26.1. The molecule has 426 valence electrons. The first-order chi connectivity index (χ1) is 35.9. The minimum Gasteiger partial charge on any atom is -0.376 e. The second-order valence-electron chi connectivity index (χ2n) is 20.8. The summed E-state index contributed by atoms with van der Waals surface area (Å²) in [6, 6.07) is 31.1. The largest absolute Gasteiger partial charge is 0.376 e. The maximum absolute atomic E-state index is 7.03. The molecule has 0 amide bonds. The molecule has 4 rings (SSSR count). The van der Waals surface area contributed by atoms with E-state index >= 15 is 0 Å². The highest BCUT2D eigenvalue weighted by Gasteiger charge is 2.39. The van der Waals surface area contributed by atoms with E-state index in [-0.39, 0.29) is 73.2 Å². The summed E-state index contributed by atoms with van der Waals surface area (Å²) in [5, 5.41) is 0. The standard InChI is InChI=1S/C60H96O15/c1-44(31-61-29-30-64-48(5)36-67-49(6)37-65-45(2)32-62-34-47(4)71-42-58-43-72-59(12,13)75-58)69-40-52(9)73-53(10)41-70-51(8)39-68-50(7)38-66-46(3)33-63-35-54(11)74-60(55-23-17-14-18-24-55,56-25-19-15-20-26-56)57-27-21-16-22-28-57/h14-28,44-54,58H,29-43H2,1-13H3. The van der Waals surface area contributed by atoms with Crippen molar-refractivity contribution in [2.24, 2.45) is 0 Å². The zero-order valence-electron chi connectivity index (χ0n) is 47.8. The number of hydrogen-bond acceptors (Lipinski definition) is 15. The fourth-order valence-corrected chi connectivity index (χ4v) is 8.19. The normalized spacial score (nSPS) is 19.4. The summed E-state index contributed by atoms with van der Waals surface area (Å²) in [4.78, 5) is 0. The summed E-state index contributed by atoms with van der Waals surface area (Å²) in [6.45, 7) is 32.6. The van der Waals surface area contributed by atoms with Crippen molar-refractivity contribution in [3.63, 3.8) is 0 Å². The molecule has 3 aromatic carbocycles. The monoisotopic (exact) mass is 1060 g/mol. The third-order valence-electron chi connectivity index (χ3n) is 12.1. The van der Waals surface area contributed by atoms with E-state index in [1.165, 1.54) is 0 Å². The molecule has 0 aliphatic carbocycles. The molecule has 15 heteroatoms. The van der Waals surface area contributed by atoms with Crippen molar-refractivity contribution in [1.82, 2.24) is 0 Å². The van der Waals surface area contributed by atoms with E-state index in [0.717, 1.165) is 16.7 Å². The summed E-state index contributed by atoms with van der Waals surface area (Å²) in [5.74, 6) is -0.548. The molecule has 0 N–H and O–H groups in total. The van der Waals surface area contributed by atoms with Crippen LogP contribution in [0.2, 0.25) is 0 Å². The Bertz CT molecular complexity index is 1760. The van der Waals surface area contributed by atoms with Crippen LogP contribution in [0.1, 0.15) is 107 Å². The highest BCUT2D eigenvalue weighted by Crippen LogP contribution is 2.41. The van der Waals surface area contributed by atoms with Gasteiger partial charge in [0.05, 0.1) is 166 Å². The second-order valence-corrected chi connectivity index (χ2v) is 20.8. The first-order valence-corrected chi connectivity index (χ1v) is 27.4. The van der Waals surface area contributed by atoms with Crippen LogP contribution in [0.4, 0.5) is 0 Å². The molecule has 15 nitrogen and oxygen atoms in total. The van der Waals surface area contributed by atoms with E-state index in [0.29, 0.717) is 99.1 Å². The number of hydrogen-bond donors (Lipinski definition) is 0. The maximum Gasteiger partial charge on any atom is 0.163 e. The van der Waals surface area contributed by atoms with Crippen LogP contribution in [-0.2, 0) is 76.7 Å². The van der Waals surface area contributed by atoms with Gasteiger partial charge in [-0.15, -0.1) is 0 Å². The molecule has 75 heavy (non-hydrogen) atoms. The molecule has 0 aromatic heterocycles. The van der Waals surface area contributed by atoms with Crippen LogP contribution >= 0.6 is 0 Å². The van der Waals surface area contributed by atoms with Crippen LogP contribution in [0.5, 0.6) is 0 Å². The lowest BCUT2D eigenvalue weighted by Crippen LogP contribution is -2.38. The first kappa shape index (κ1) is 64.6. The number of benzene rings is 3. The Morgan fingerprint density at radius 3 is 1.12 bits per heavy atom. The van der Waals surface area contributed by atoms with Crippen LogP contribution < -0.4 is 0 Å². The van der Waals surface area contributed by atoms with E-state index in [4.69, 9.17) is 71.1 Å². The first-order valence-electron chi connectivity index (χ1n) is 27.4. The Kier molecular flexibility index (Phi) is 30.6. The van der Waals surface area contributed by atoms with Crippen molar-refractivity contribution in [2.45, 2.75) is 175 Å². The molecule has 1 aliphatic heterocycles. The van der Waals surface area contributed by atoms with Gasteiger partial charge in [0.2, 0.25) is 0 Å². The van der Waals surface area contributed by atoms with Crippen molar-refractivity contribution < 1.29 is 71.1 Å². The third-order valence-corrected chi connectivity index (χ3v) is 12.1.